The normalized spacial score (nSPS) is 12.0. The molecule has 0 unspecified atom stereocenters. The highest BCUT2D eigenvalue weighted by Crippen LogP contribution is 2.55. The Hall–Kier alpha value is -3.98. The zero-order valence-electron chi connectivity index (χ0n) is 20.1. The molecule has 5 heteroatoms. The van der Waals surface area contributed by atoms with Gasteiger partial charge in [-0.3, -0.25) is 0 Å². The molecule has 5 aromatic carbocycles. The van der Waals surface area contributed by atoms with Crippen molar-refractivity contribution < 1.29 is 8.42 Å². The van der Waals surface area contributed by atoms with Crippen LogP contribution in [0.3, 0.4) is 0 Å². The van der Waals surface area contributed by atoms with E-state index in [4.69, 9.17) is 0 Å². The molecule has 0 aliphatic carbocycles. The van der Waals surface area contributed by atoms with Crippen molar-refractivity contribution in [2.75, 3.05) is 0 Å². The zero-order chi connectivity index (χ0) is 25.3. The summed E-state index contributed by atoms with van der Waals surface area (Å²) in [5.74, 6) is 0. The Bertz CT molecular complexity index is 1670. The molecule has 37 heavy (non-hydrogen) atoms. The molecule has 1 heterocycles. The summed E-state index contributed by atoms with van der Waals surface area (Å²) in [6.45, 7) is 0. The first-order valence-electron chi connectivity index (χ1n) is 12.1. The lowest BCUT2D eigenvalue weighted by molar-refractivity contribution is 0.589. The summed E-state index contributed by atoms with van der Waals surface area (Å²) in [5.41, 5.74) is 0.675. The van der Waals surface area contributed by atoms with Gasteiger partial charge in [-0.2, -0.15) is 0 Å². The van der Waals surface area contributed by atoms with E-state index < -0.39 is 17.3 Å². The van der Waals surface area contributed by atoms with Crippen molar-refractivity contribution in [2.24, 2.45) is 0 Å². The quantitative estimate of drug-likeness (QED) is 0.273. The van der Waals surface area contributed by atoms with Crippen molar-refractivity contribution in [2.45, 2.75) is 4.90 Å². The lowest BCUT2D eigenvalue weighted by atomic mass is 10.2. The summed E-state index contributed by atoms with van der Waals surface area (Å²) in [7, 11) is -6.29. The van der Waals surface area contributed by atoms with E-state index in [1.54, 1.807) is 24.3 Å². The van der Waals surface area contributed by atoms with Crippen LogP contribution in [0.1, 0.15) is 0 Å². The summed E-state index contributed by atoms with van der Waals surface area (Å²) in [5, 5.41) is 5.48. The molecule has 0 aliphatic heterocycles. The average Bonchev–Trinajstić information content (AvgIpc) is 3.37. The molecule has 6 aromatic rings. The number of rotatable bonds is 6. The van der Waals surface area contributed by atoms with Gasteiger partial charge in [0.1, 0.15) is 28.5 Å². The van der Waals surface area contributed by atoms with E-state index in [1.165, 1.54) is 19.9 Å². The third kappa shape index (κ3) is 3.81. The first-order valence-corrected chi connectivity index (χ1v) is 15.3. The largest absolute Gasteiger partial charge is 0.268 e. The van der Waals surface area contributed by atoms with Gasteiger partial charge in [-0.15, -0.1) is 0 Å². The van der Waals surface area contributed by atoms with Crippen molar-refractivity contribution >= 4 is 49.4 Å². The van der Waals surface area contributed by atoms with Crippen LogP contribution in [-0.2, 0) is 10.0 Å². The van der Waals surface area contributed by atoms with Gasteiger partial charge < -0.3 is 0 Å². The number of nitrogens with zero attached hydrogens (tertiary/aromatic N) is 1. The number of para-hydroxylation sites is 1. The number of hydrogen-bond donors (Lipinski definition) is 0. The fourth-order valence-corrected chi connectivity index (χ4v) is 11.0. The molecule has 0 saturated heterocycles. The van der Waals surface area contributed by atoms with Gasteiger partial charge in [0.25, 0.3) is 10.0 Å². The predicted molar refractivity (Wildman–Crippen MR) is 156 cm³/mol. The van der Waals surface area contributed by atoms with Crippen molar-refractivity contribution in [3.63, 3.8) is 0 Å². The Morgan fingerprint density at radius 1 is 0.486 bits per heavy atom. The van der Waals surface area contributed by atoms with E-state index in [0.717, 1.165) is 10.7 Å². The van der Waals surface area contributed by atoms with Crippen LogP contribution in [0.5, 0.6) is 0 Å². The molecule has 0 fully saturated rings. The van der Waals surface area contributed by atoms with Crippen LogP contribution in [0.2, 0.25) is 0 Å². The lowest BCUT2D eigenvalue weighted by Crippen LogP contribution is -2.38. The first-order chi connectivity index (χ1) is 18.1. The Kier molecular flexibility index (Phi) is 6.00. The second-order valence-corrected chi connectivity index (χ2v) is 14.0. The van der Waals surface area contributed by atoms with Crippen molar-refractivity contribution in [1.82, 2.24) is 3.97 Å². The van der Waals surface area contributed by atoms with E-state index in [-0.39, 0.29) is 4.90 Å². The van der Waals surface area contributed by atoms with Crippen LogP contribution in [0.15, 0.2) is 157 Å². The van der Waals surface area contributed by atoms with Gasteiger partial charge in [-0.05, 0) is 60.7 Å². The molecular formula is C32H25NO2PS+. The SMILES string of the molecule is O=S(=O)(c1ccccc1)n1cc([P+](c2ccccc2)(c2ccccc2)c2ccccc2)c2ccccc21. The summed E-state index contributed by atoms with van der Waals surface area (Å²) in [4.78, 5) is 0.269. The summed E-state index contributed by atoms with van der Waals surface area (Å²) < 4.78 is 29.4. The van der Waals surface area contributed by atoms with Gasteiger partial charge in [0.15, 0.2) is 0 Å². The van der Waals surface area contributed by atoms with Gasteiger partial charge in [-0.1, -0.05) is 84.9 Å². The molecule has 1 aromatic heterocycles. The average molecular weight is 519 g/mol. The van der Waals surface area contributed by atoms with E-state index in [0.29, 0.717) is 5.52 Å². The molecule has 180 valence electrons. The van der Waals surface area contributed by atoms with E-state index >= 15 is 0 Å². The van der Waals surface area contributed by atoms with Crippen LogP contribution in [0.25, 0.3) is 10.9 Å². The molecule has 0 radical (unpaired) electrons. The Balaban J connectivity index is 1.78. The maximum atomic E-state index is 14.0. The standard InChI is InChI=1S/C32H25NO2PS/c34-37(35,29-21-11-4-12-22-29)33-25-32(30-23-13-14-24-31(30)33)36(26-15-5-1-6-16-26,27-17-7-2-8-18-27)28-19-9-3-10-20-28/h1-25H/q+1. The van der Waals surface area contributed by atoms with Crippen LogP contribution >= 0.6 is 7.26 Å². The Morgan fingerprint density at radius 2 is 0.892 bits per heavy atom. The smallest absolute Gasteiger partial charge is 0.237 e. The van der Waals surface area contributed by atoms with E-state index in [2.05, 4.69) is 72.8 Å². The predicted octanol–water partition coefficient (Wildman–Crippen LogP) is 5.50. The topological polar surface area (TPSA) is 39.1 Å². The molecule has 0 N–H and O–H groups in total. The number of aromatic nitrogens is 1. The second-order valence-electron chi connectivity index (χ2n) is 8.82. The molecule has 6 rings (SSSR count). The second kappa shape index (κ2) is 9.48. The molecule has 0 atom stereocenters. The fourth-order valence-electron chi connectivity index (χ4n) is 5.12. The van der Waals surface area contributed by atoms with Crippen molar-refractivity contribution in [1.29, 1.82) is 0 Å². The first kappa shape index (κ1) is 23.4. The van der Waals surface area contributed by atoms with Crippen molar-refractivity contribution in [3.05, 3.63) is 152 Å². The van der Waals surface area contributed by atoms with Gasteiger partial charge in [0, 0.05) is 5.39 Å². The molecule has 0 amide bonds. The molecule has 0 saturated carbocycles. The van der Waals surface area contributed by atoms with Crippen LogP contribution in [0.4, 0.5) is 0 Å². The van der Waals surface area contributed by atoms with E-state index in [1.807, 2.05) is 54.7 Å². The Labute approximate surface area is 218 Å². The minimum atomic E-state index is -3.82. The van der Waals surface area contributed by atoms with Crippen molar-refractivity contribution in [3.8, 4) is 0 Å². The molecule has 0 bridgehead atoms. The number of hydrogen-bond acceptors (Lipinski definition) is 2. The highest BCUT2D eigenvalue weighted by atomic mass is 32.2. The number of fused-ring (bicyclic) bond motifs is 1. The van der Waals surface area contributed by atoms with Crippen LogP contribution in [0, 0.1) is 0 Å². The monoisotopic (exact) mass is 518 g/mol. The molecule has 3 nitrogen and oxygen atoms in total. The minimum Gasteiger partial charge on any atom is -0.237 e. The van der Waals surface area contributed by atoms with Gasteiger partial charge in [0.05, 0.1) is 16.6 Å². The minimum absolute atomic E-state index is 0.269. The highest BCUT2D eigenvalue weighted by molar-refractivity contribution is 8.02. The van der Waals surface area contributed by atoms with Gasteiger partial charge in [-0.25, -0.2) is 12.4 Å². The molecule has 0 aliphatic rings. The summed E-state index contributed by atoms with van der Waals surface area (Å²) in [6, 6.07) is 48.0. The highest BCUT2D eigenvalue weighted by Gasteiger charge is 2.50. The van der Waals surface area contributed by atoms with Gasteiger partial charge >= 0.3 is 0 Å². The molecular weight excluding hydrogens is 493 g/mol. The maximum absolute atomic E-state index is 14.0. The van der Waals surface area contributed by atoms with Gasteiger partial charge in [0.2, 0.25) is 0 Å². The maximum Gasteiger partial charge on any atom is 0.268 e. The molecule has 0 spiro atoms. The van der Waals surface area contributed by atoms with Crippen LogP contribution < -0.4 is 21.2 Å². The summed E-state index contributed by atoms with van der Waals surface area (Å²) >= 11 is 0. The van der Waals surface area contributed by atoms with E-state index in [9.17, 15) is 8.42 Å². The third-order valence-corrected chi connectivity index (χ3v) is 12.7. The zero-order valence-corrected chi connectivity index (χ0v) is 21.8. The number of benzene rings is 5. The van der Waals surface area contributed by atoms with Crippen LogP contribution in [-0.4, -0.2) is 12.4 Å². The summed E-state index contributed by atoms with van der Waals surface area (Å²) in [6.07, 6.45) is 1.87. The fraction of sp³-hybridized carbons (Fsp3) is 0. The Morgan fingerprint density at radius 3 is 1.38 bits per heavy atom. The third-order valence-electron chi connectivity index (χ3n) is 6.75. The lowest BCUT2D eigenvalue weighted by Gasteiger charge is -2.27.